The first-order valence-corrected chi connectivity index (χ1v) is 11.5. The Morgan fingerprint density at radius 2 is 1.45 bits per heavy atom. The predicted octanol–water partition coefficient (Wildman–Crippen LogP) is 3.25. The highest BCUT2D eigenvalue weighted by atomic mass is 32.2. The van der Waals surface area contributed by atoms with Crippen LogP contribution in [0, 0.1) is 0 Å². The first-order chi connectivity index (χ1) is 14.9. The summed E-state index contributed by atoms with van der Waals surface area (Å²) in [5, 5.41) is 0. The van der Waals surface area contributed by atoms with Crippen molar-refractivity contribution in [2.75, 3.05) is 20.2 Å². The van der Waals surface area contributed by atoms with Crippen LogP contribution in [0.2, 0.25) is 0 Å². The van der Waals surface area contributed by atoms with Crippen LogP contribution in [0.4, 0.5) is 0 Å². The molecule has 0 aromatic heterocycles. The van der Waals surface area contributed by atoms with Crippen LogP contribution < -0.4 is 9.46 Å². The molecule has 0 radical (unpaired) electrons. The van der Waals surface area contributed by atoms with Gasteiger partial charge in [0.2, 0.25) is 10.0 Å². The van der Waals surface area contributed by atoms with E-state index in [0.717, 1.165) is 11.1 Å². The number of nitrogens with zero attached hydrogens (tertiary/aromatic N) is 1. The van der Waals surface area contributed by atoms with Gasteiger partial charge in [0.05, 0.1) is 4.90 Å². The number of amides is 1. The molecule has 6 nitrogen and oxygen atoms in total. The third-order valence-corrected chi connectivity index (χ3v) is 6.21. The van der Waals surface area contributed by atoms with Crippen molar-refractivity contribution in [3.63, 3.8) is 0 Å². The molecule has 3 aromatic rings. The smallest absolute Gasteiger partial charge is 0.260 e. The third-order valence-electron chi connectivity index (χ3n) is 4.73. The summed E-state index contributed by atoms with van der Waals surface area (Å²) in [5.74, 6) is 0.271. The molecule has 3 aromatic carbocycles. The molecule has 0 aliphatic heterocycles. The van der Waals surface area contributed by atoms with E-state index >= 15 is 0 Å². The van der Waals surface area contributed by atoms with E-state index in [0.29, 0.717) is 25.3 Å². The Hall–Kier alpha value is -3.16. The summed E-state index contributed by atoms with van der Waals surface area (Å²) < 4.78 is 33.0. The zero-order valence-corrected chi connectivity index (χ0v) is 18.2. The van der Waals surface area contributed by atoms with Crippen molar-refractivity contribution < 1.29 is 17.9 Å². The van der Waals surface area contributed by atoms with Gasteiger partial charge in [-0.15, -0.1) is 0 Å². The van der Waals surface area contributed by atoms with E-state index < -0.39 is 10.0 Å². The molecule has 7 heteroatoms. The van der Waals surface area contributed by atoms with Gasteiger partial charge in [-0.05, 0) is 41.8 Å². The molecule has 1 N–H and O–H groups in total. The number of sulfonamides is 1. The van der Waals surface area contributed by atoms with Crippen molar-refractivity contribution in [1.29, 1.82) is 0 Å². The Morgan fingerprint density at radius 3 is 2.06 bits per heavy atom. The fourth-order valence-electron chi connectivity index (χ4n) is 2.97. The van der Waals surface area contributed by atoms with E-state index in [4.69, 9.17) is 4.74 Å². The maximum atomic E-state index is 12.4. The first-order valence-electron chi connectivity index (χ1n) is 9.98. The number of ether oxygens (including phenoxy) is 1. The quantitative estimate of drug-likeness (QED) is 0.527. The monoisotopic (exact) mass is 438 g/mol. The highest BCUT2D eigenvalue weighted by Crippen LogP contribution is 2.16. The molecular formula is C24H26N2O4S. The third kappa shape index (κ3) is 6.94. The SMILES string of the molecule is CN(Cc1ccccc1)C(=O)COc1ccc(S(=O)(=O)NCCc2ccccc2)cc1. The average molecular weight is 439 g/mol. The number of rotatable bonds is 10. The summed E-state index contributed by atoms with van der Waals surface area (Å²) in [5.41, 5.74) is 2.10. The Kier molecular flexibility index (Phi) is 7.81. The van der Waals surface area contributed by atoms with Gasteiger partial charge < -0.3 is 9.64 Å². The van der Waals surface area contributed by atoms with Gasteiger partial charge in [-0.1, -0.05) is 60.7 Å². The van der Waals surface area contributed by atoms with Crippen LogP contribution in [-0.2, 0) is 27.8 Å². The molecule has 0 fully saturated rings. The van der Waals surface area contributed by atoms with Crippen LogP contribution in [0.5, 0.6) is 5.75 Å². The summed E-state index contributed by atoms with van der Waals surface area (Å²) in [4.78, 5) is 14.0. The normalized spacial score (nSPS) is 11.1. The molecule has 0 aliphatic carbocycles. The molecule has 0 bridgehead atoms. The molecule has 0 unspecified atom stereocenters. The largest absolute Gasteiger partial charge is 0.484 e. The molecule has 31 heavy (non-hydrogen) atoms. The Balaban J connectivity index is 1.48. The van der Waals surface area contributed by atoms with Crippen molar-refractivity contribution in [1.82, 2.24) is 9.62 Å². The van der Waals surface area contributed by atoms with Crippen LogP contribution in [0.1, 0.15) is 11.1 Å². The summed E-state index contributed by atoms with van der Waals surface area (Å²) in [7, 11) is -1.89. The van der Waals surface area contributed by atoms with Gasteiger partial charge in [0.15, 0.2) is 6.61 Å². The van der Waals surface area contributed by atoms with Gasteiger partial charge in [-0.2, -0.15) is 0 Å². The number of hydrogen-bond donors (Lipinski definition) is 1. The zero-order valence-electron chi connectivity index (χ0n) is 17.4. The molecular weight excluding hydrogens is 412 g/mol. The highest BCUT2D eigenvalue weighted by Gasteiger charge is 2.14. The minimum atomic E-state index is -3.61. The maximum Gasteiger partial charge on any atom is 0.260 e. The van der Waals surface area contributed by atoms with Crippen LogP contribution in [-0.4, -0.2) is 39.4 Å². The van der Waals surface area contributed by atoms with E-state index in [9.17, 15) is 13.2 Å². The van der Waals surface area contributed by atoms with Crippen molar-refractivity contribution in [3.8, 4) is 5.75 Å². The summed E-state index contributed by atoms with van der Waals surface area (Å²) in [6.45, 7) is 0.687. The zero-order chi connectivity index (χ0) is 22.1. The molecule has 162 valence electrons. The van der Waals surface area contributed by atoms with E-state index in [1.807, 2.05) is 60.7 Å². The Morgan fingerprint density at radius 1 is 0.871 bits per heavy atom. The Bertz CT molecular complexity index is 1070. The molecule has 1 amide bonds. The highest BCUT2D eigenvalue weighted by molar-refractivity contribution is 7.89. The van der Waals surface area contributed by atoms with Gasteiger partial charge in [-0.25, -0.2) is 13.1 Å². The summed E-state index contributed by atoms with van der Waals surface area (Å²) >= 11 is 0. The minimum Gasteiger partial charge on any atom is -0.484 e. The van der Waals surface area contributed by atoms with E-state index in [-0.39, 0.29) is 17.4 Å². The van der Waals surface area contributed by atoms with Crippen LogP contribution in [0.3, 0.4) is 0 Å². The van der Waals surface area contributed by atoms with Gasteiger partial charge in [-0.3, -0.25) is 4.79 Å². The number of hydrogen-bond acceptors (Lipinski definition) is 4. The number of carbonyl (C=O) groups excluding carboxylic acids is 1. The van der Waals surface area contributed by atoms with Gasteiger partial charge >= 0.3 is 0 Å². The van der Waals surface area contributed by atoms with Gasteiger partial charge in [0.25, 0.3) is 5.91 Å². The lowest BCUT2D eigenvalue weighted by Crippen LogP contribution is -2.30. The number of likely N-dealkylation sites (N-methyl/N-ethyl adjacent to an activating group) is 1. The van der Waals surface area contributed by atoms with Crippen LogP contribution in [0.25, 0.3) is 0 Å². The number of carbonyl (C=O) groups is 1. The molecule has 0 spiro atoms. The van der Waals surface area contributed by atoms with Crippen LogP contribution in [0.15, 0.2) is 89.8 Å². The minimum absolute atomic E-state index is 0.120. The number of nitrogens with one attached hydrogen (secondary N) is 1. The Labute approximate surface area is 183 Å². The molecule has 0 aliphatic rings. The van der Waals surface area contributed by atoms with E-state index in [2.05, 4.69) is 4.72 Å². The first kappa shape index (κ1) is 22.5. The second-order valence-electron chi connectivity index (χ2n) is 7.13. The van der Waals surface area contributed by atoms with Gasteiger partial charge in [0.1, 0.15) is 5.75 Å². The molecule has 0 saturated heterocycles. The second kappa shape index (κ2) is 10.7. The van der Waals surface area contributed by atoms with Crippen molar-refractivity contribution in [2.24, 2.45) is 0 Å². The van der Waals surface area contributed by atoms with E-state index in [1.54, 1.807) is 24.1 Å². The number of benzene rings is 3. The van der Waals surface area contributed by atoms with Gasteiger partial charge in [0, 0.05) is 20.1 Å². The summed E-state index contributed by atoms with van der Waals surface area (Å²) in [6.07, 6.45) is 0.611. The lowest BCUT2D eigenvalue weighted by atomic mass is 10.2. The lowest BCUT2D eigenvalue weighted by Gasteiger charge is -2.17. The molecule has 0 atom stereocenters. The maximum absolute atomic E-state index is 12.4. The topological polar surface area (TPSA) is 75.7 Å². The lowest BCUT2D eigenvalue weighted by molar-refractivity contribution is -0.132. The van der Waals surface area contributed by atoms with Crippen molar-refractivity contribution in [3.05, 3.63) is 96.1 Å². The molecule has 0 saturated carbocycles. The molecule has 0 heterocycles. The average Bonchev–Trinajstić information content (AvgIpc) is 2.79. The second-order valence-corrected chi connectivity index (χ2v) is 8.90. The van der Waals surface area contributed by atoms with Crippen molar-refractivity contribution in [2.45, 2.75) is 17.9 Å². The van der Waals surface area contributed by atoms with Crippen molar-refractivity contribution >= 4 is 15.9 Å². The predicted molar refractivity (Wildman–Crippen MR) is 120 cm³/mol. The fourth-order valence-corrected chi connectivity index (χ4v) is 4.01. The standard InChI is InChI=1S/C24H26N2O4S/c1-26(18-21-10-6-3-7-11-21)24(27)19-30-22-12-14-23(15-13-22)31(28,29)25-17-16-20-8-4-2-5-9-20/h2-15,25H,16-19H2,1H3. The fraction of sp³-hybridized carbons (Fsp3) is 0.208. The molecule has 3 rings (SSSR count). The van der Waals surface area contributed by atoms with E-state index in [1.165, 1.54) is 12.1 Å². The van der Waals surface area contributed by atoms with Crippen LogP contribution >= 0.6 is 0 Å². The summed E-state index contributed by atoms with van der Waals surface area (Å²) in [6, 6.07) is 25.4.